The molecule has 0 aliphatic rings. The quantitative estimate of drug-likeness (QED) is 0.632. The Balaban J connectivity index is 1.81. The smallest absolute Gasteiger partial charge is 0.254 e. The fourth-order valence-corrected chi connectivity index (χ4v) is 2.93. The summed E-state index contributed by atoms with van der Waals surface area (Å²) in [4.78, 5) is 27.8. The van der Waals surface area contributed by atoms with Gasteiger partial charge >= 0.3 is 0 Å². The van der Waals surface area contributed by atoms with E-state index in [1.165, 1.54) is 0 Å². The van der Waals surface area contributed by atoms with Crippen molar-refractivity contribution in [1.82, 2.24) is 19.9 Å². The van der Waals surface area contributed by atoms with Crippen LogP contribution in [0.25, 0.3) is 11.3 Å². The fraction of sp³-hybridized carbons (Fsp3) is 0.273. The summed E-state index contributed by atoms with van der Waals surface area (Å²) in [7, 11) is 1.63. The molecule has 0 aliphatic carbocycles. The van der Waals surface area contributed by atoms with Gasteiger partial charge in [0.05, 0.1) is 23.7 Å². The number of benzene rings is 1. The molecule has 3 rings (SSSR count). The van der Waals surface area contributed by atoms with E-state index in [4.69, 9.17) is 4.74 Å². The molecule has 0 atom stereocenters. The summed E-state index contributed by atoms with van der Waals surface area (Å²) >= 11 is 0. The normalized spacial score (nSPS) is 10.7. The molecule has 0 bridgehead atoms. The van der Waals surface area contributed by atoms with Crippen LogP contribution in [0, 0.1) is 13.8 Å². The third-order valence-corrected chi connectivity index (χ3v) is 4.46. The van der Waals surface area contributed by atoms with Crippen LogP contribution in [0.4, 0.5) is 0 Å². The zero-order chi connectivity index (χ0) is 19.9. The molecule has 0 N–H and O–H groups in total. The van der Waals surface area contributed by atoms with Crippen LogP contribution in [0.5, 0.6) is 0 Å². The summed E-state index contributed by atoms with van der Waals surface area (Å²) in [5.74, 6) is -0.0348. The summed E-state index contributed by atoms with van der Waals surface area (Å²) in [6, 6.07) is 11.3. The highest BCUT2D eigenvalue weighted by Crippen LogP contribution is 2.21. The summed E-state index contributed by atoms with van der Waals surface area (Å²) in [6.45, 7) is 5.35. The second-order valence-electron chi connectivity index (χ2n) is 6.60. The highest BCUT2D eigenvalue weighted by atomic mass is 16.5. The van der Waals surface area contributed by atoms with E-state index < -0.39 is 0 Å². The number of hydrogen-bond acceptors (Lipinski definition) is 5. The summed E-state index contributed by atoms with van der Waals surface area (Å²) in [5, 5.41) is 0. The predicted molar refractivity (Wildman–Crippen MR) is 108 cm³/mol. The molecule has 6 heteroatoms. The monoisotopic (exact) mass is 376 g/mol. The van der Waals surface area contributed by atoms with E-state index >= 15 is 0 Å². The Morgan fingerprint density at radius 1 is 1.07 bits per heavy atom. The van der Waals surface area contributed by atoms with E-state index in [2.05, 4.69) is 15.0 Å². The lowest BCUT2D eigenvalue weighted by Gasteiger charge is -2.22. The van der Waals surface area contributed by atoms with Gasteiger partial charge in [-0.1, -0.05) is 12.1 Å². The van der Waals surface area contributed by atoms with Gasteiger partial charge in [0.25, 0.3) is 5.91 Å². The maximum Gasteiger partial charge on any atom is 0.254 e. The van der Waals surface area contributed by atoms with Crippen molar-refractivity contribution >= 4 is 5.91 Å². The van der Waals surface area contributed by atoms with Gasteiger partial charge in [-0.25, -0.2) is 4.98 Å². The molecule has 1 amide bonds. The van der Waals surface area contributed by atoms with Gasteiger partial charge in [-0.3, -0.25) is 14.8 Å². The summed E-state index contributed by atoms with van der Waals surface area (Å²) in [6.07, 6.45) is 5.21. The van der Waals surface area contributed by atoms with Gasteiger partial charge < -0.3 is 9.64 Å². The number of methoxy groups -OCH3 is 1. The Morgan fingerprint density at radius 2 is 1.79 bits per heavy atom. The SMILES string of the molecule is COCCN(Cc1ccncc1)C(=O)c1ccc(-c2nc(C)cnc2C)cc1. The van der Waals surface area contributed by atoms with E-state index in [1.807, 2.05) is 50.2 Å². The molecule has 0 spiro atoms. The molecular weight excluding hydrogens is 352 g/mol. The van der Waals surface area contributed by atoms with Crippen molar-refractivity contribution in [3.05, 3.63) is 77.5 Å². The first-order valence-electron chi connectivity index (χ1n) is 9.16. The first kappa shape index (κ1) is 19.6. The van der Waals surface area contributed by atoms with Crippen LogP contribution in [0.1, 0.15) is 27.3 Å². The number of aryl methyl sites for hydroxylation is 2. The van der Waals surface area contributed by atoms with Crippen LogP contribution in [0.2, 0.25) is 0 Å². The van der Waals surface area contributed by atoms with Crippen LogP contribution in [-0.4, -0.2) is 46.0 Å². The van der Waals surface area contributed by atoms with Gasteiger partial charge in [-0.15, -0.1) is 0 Å². The number of amides is 1. The van der Waals surface area contributed by atoms with Gasteiger partial charge in [0.15, 0.2) is 0 Å². The Hall–Kier alpha value is -3.12. The Labute approximate surface area is 165 Å². The van der Waals surface area contributed by atoms with Crippen molar-refractivity contribution in [2.75, 3.05) is 20.3 Å². The summed E-state index contributed by atoms with van der Waals surface area (Å²) < 4.78 is 5.18. The standard InChI is InChI=1S/C22H24N4O2/c1-16-14-24-17(2)21(25-16)19-4-6-20(7-5-19)22(27)26(12-13-28-3)15-18-8-10-23-11-9-18/h4-11,14H,12-13,15H2,1-3H3. The van der Waals surface area contributed by atoms with Gasteiger partial charge in [0.2, 0.25) is 0 Å². The number of nitrogens with zero attached hydrogens (tertiary/aromatic N) is 4. The highest BCUT2D eigenvalue weighted by Gasteiger charge is 2.16. The first-order valence-corrected chi connectivity index (χ1v) is 9.16. The lowest BCUT2D eigenvalue weighted by atomic mass is 10.1. The molecule has 0 saturated carbocycles. The lowest BCUT2D eigenvalue weighted by molar-refractivity contribution is 0.0680. The zero-order valence-electron chi connectivity index (χ0n) is 16.4. The number of hydrogen-bond donors (Lipinski definition) is 0. The van der Waals surface area contributed by atoms with E-state index in [1.54, 1.807) is 30.6 Å². The van der Waals surface area contributed by atoms with Crippen molar-refractivity contribution in [1.29, 1.82) is 0 Å². The molecule has 2 aromatic heterocycles. The molecule has 28 heavy (non-hydrogen) atoms. The Bertz CT molecular complexity index is 927. The number of carbonyl (C=O) groups excluding carboxylic acids is 1. The number of rotatable bonds is 7. The van der Waals surface area contributed by atoms with Crippen LogP contribution in [0.15, 0.2) is 55.0 Å². The van der Waals surface area contributed by atoms with Gasteiger partial charge in [0.1, 0.15) is 0 Å². The average Bonchev–Trinajstić information content (AvgIpc) is 2.73. The van der Waals surface area contributed by atoms with Crippen molar-refractivity contribution in [2.45, 2.75) is 20.4 Å². The van der Waals surface area contributed by atoms with E-state index in [0.717, 1.165) is 28.2 Å². The van der Waals surface area contributed by atoms with E-state index in [-0.39, 0.29) is 5.91 Å². The number of carbonyl (C=O) groups is 1. The van der Waals surface area contributed by atoms with Gasteiger partial charge in [-0.2, -0.15) is 0 Å². The first-order chi connectivity index (χ1) is 13.6. The highest BCUT2D eigenvalue weighted by molar-refractivity contribution is 5.94. The molecule has 1 aromatic carbocycles. The minimum Gasteiger partial charge on any atom is -0.383 e. The summed E-state index contributed by atoms with van der Waals surface area (Å²) in [5.41, 5.74) is 5.18. The molecule has 0 unspecified atom stereocenters. The molecular formula is C22H24N4O2. The van der Waals surface area contributed by atoms with Crippen LogP contribution < -0.4 is 0 Å². The fourth-order valence-electron chi connectivity index (χ4n) is 2.93. The largest absolute Gasteiger partial charge is 0.383 e. The number of ether oxygens (including phenoxy) is 1. The Morgan fingerprint density at radius 3 is 2.46 bits per heavy atom. The van der Waals surface area contributed by atoms with Crippen molar-refractivity contribution < 1.29 is 9.53 Å². The molecule has 144 valence electrons. The molecule has 0 radical (unpaired) electrons. The predicted octanol–water partition coefficient (Wildman–Crippen LogP) is 3.44. The van der Waals surface area contributed by atoms with Crippen LogP contribution in [0.3, 0.4) is 0 Å². The maximum atomic E-state index is 13.1. The van der Waals surface area contributed by atoms with Crippen molar-refractivity contribution in [2.24, 2.45) is 0 Å². The van der Waals surface area contributed by atoms with E-state index in [0.29, 0.717) is 25.3 Å². The Kier molecular flexibility index (Phi) is 6.45. The molecule has 0 fully saturated rings. The molecule has 2 heterocycles. The van der Waals surface area contributed by atoms with Gasteiger partial charge in [0, 0.05) is 49.9 Å². The molecule has 3 aromatic rings. The number of pyridine rings is 1. The van der Waals surface area contributed by atoms with Crippen LogP contribution in [-0.2, 0) is 11.3 Å². The van der Waals surface area contributed by atoms with Gasteiger partial charge in [-0.05, 0) is 43.7 Å². The minimum absolute atomic E-state index is 0.0348. The molecule has 0 saturated heterocycles. The minimum atomic E-state index is -0.0348. The topological polar surface area (TPSA) is 68.2 Å². The molecule has 0 aliphatic heterocycles. The lowest BCUT2D eigenvalue weighted by Crippen LogP contribution is -2.33. The molecule has 6 nitrogen and oxygen atoms in total. The second-order valence-corrected chi connectivity index (χ2v) is 6.60. The third kappa shape index (κ3) is 4.78. The van der Waals surface area contributed by atoms with Crippen LogP contribution >= 0.6 is 0 Å². The zero-order valence-corrected chi connectivity index (χ0v) is 16.4. The average molecular weight is 376 g/mol. The third-order valence-electron chi connectivity index (χ3n) is 4.46. The maximum absolute atomic E-state index is 13.1. The van der Waals surface area contributed by atoms with Crippen molar-refractivity contribution in [3.63, 3.8) is 0 Å². The van der Waals surface area contributed by atoms with E-state index in [9.17, 15) is 4.79 Å². The number of aromatic nitrogens is 3. The second kappa shape index (κ2) is 9.19. The van der Waals surface area contributed by atoms with Crippen molar-refractivity contribution in [3.8, 4) is 11.3 Å².